The lowest BCUT2D eigenvalue weighted by atomic mass is 10.1. The van der Waals surface area contributed by atoms with Crippen molar-refractivity contribution in [1.82, 2.24) is 0 Å². The SMILES string of the molecule is CC(=O)c1ccccc1OCCN(C)c1ccccc1. The minimum atomic E-state index is 0.0250. The Hall–Kier alpha value is -2.29. The van der Waals surface area contributed by atoms with Crippen LogP contribution in [0, 0.1) is 0 Å². The molecule has 2 aromatic carbocycles. The molecule has 2 rings (SSSR count). The van der Waals surface area contributed by atoms with Crippen LogP contribution in [0.25, 0.3) is 0 Å². The molecule has 0 aliphatic rings. The lowest BCUT2D eigenvalue weighted by Gasteiger charge is -2.19. The van der Waals surface area contributed by atoms with E-state index in [1.165, 1.54) is 0 Å². The molecular formula is C17H19NO2. The molecule has 0 radical (unpaired) electrons. The van der Waals surface area contributed by atoms with Gasteiger partial charge in [0.05, 0.1) is 12.1 Å². The van der Waals surface area contributed by atoms with Gasteiger partial charge in [-0.05, 0) is 31.2 Å². The highest BCUT2D eigenvalue weighted by atomic mass is 16.5. The van der Waals surface area contributed by atoms with Gasteiger partial charge in [0.15, 0.2) is 5.78 Å². The van der Waals surface area contributed by atoms with Crippen LogP contribution in [-0.2, 0) is 0 Å². The molecule has 0 unspecified atom stereocenters. The Morgan fingerprint density at radius 3 is 2.40 bits per heavy atom. The summed E-state index contributed by atoms with van der Waals surface area (Å²) >= 11 is 0. The fourth-order valence-corrected chi connectivity index (χ4v) is 1.99. The van der Waals surface area contributed by atoms with E-state index in [0.29, 0.717) is 17.9 Å². The Balaban J connectivity index is 1.92. The molecule has 0 aliphatic heterocycles. The van der Waals surface area contributed by atoms with Gasteiger partial charge < -0.3 is 9.64 Å². The average Bonchev–Trinajstić information content (AvgIpc) is 2.48. The summed E-state index contributed by atoms with van der Waals surface area (Å²) in [6, 6.07) is 17.5. The maximum absolute atomic E-state index is 11.5. The van der Waals surface area contributed by atoms with Gasteiger partial charge in [-0.25, -0.2) is 0 Å². The van der Waals surface area contributed by atoms with Crippen LogP contribution in [0.4, 0.5) is 5.69 Å². The minimum absolute atomic E-state index is 0.0250. The van der Waals surface area contributed by atoms with E-state index in [-0.39, 0.29) is 5.78 Å². The van der Waals surface area contributed by atoms with E-state index >= 15 is 0 Å². The van der Waals surface area contributed by atoms with Gasteiger partial charge in [-0.1, -0.05) is 30.3 Å². The predicted octanol–water partition coefficient (Wildman–Crippen LogP) is 3.40. The average molecular weight is 269 g/mol. The smallest absolute Gasteiger partial charge is 0.163 e. The summed E-state index contributed by atoms with van der Waals surface area (Å²) in [7, 11) is 2.02. The van der Waals surface area contributed by atoms with Crippen LogP contribution >= 0.6 is 0 Å². The van der Waals surface area contributed by atoms with Gasteiger partial charge in [0.2, 0.25) is 0 Å². The topological polar surface area (TPSA) is 29.5 Å². The van der Waals surface area contributed by atoms with E-state index in [1.54, 1.807) is 13.0 Å². The van der Waals surface area contributed by atoms with E-state index < -0.39 is 0 Å². The monoisotopic (exact) mass is 269 g/mol. The molecule has 0 atom stereocenters. The fourth-order valence-electron chi connectivity index (χ4n) is 1.99. The van der Waals surface area contributed by atoms with Crippen LogP contribution in [-0.4, -0.2) is 26.0 Å². The summed E-state index contributed by atoms with van der Waals surface area (Å²) in [4.78, 5) is 13.6. The molecule has 104 valence electrons. The number of carbonyl (C=O) groups excluding carboxylic acids is 1. The van der Waals surface area contributed by atoms with Crippen LogP contribution in [0.2, 0.25) is 0 Å². The molecule has 0 aromatic heterocycles. The van der Waals surface area contributed by atoms with Gasteiger partial charge in [0, 0.05) is 12.7 Å². The molecule has 0 fully saturated rings. The maximum atomic E-state index is 11.5. The van der Waals surface area contributed by atoms with Crippen molar-refractivity contribution in [3.05, 3.63) is 60.2 Å². The number of ketones is 1. The number of likely N-dealkylation sites (N-methyl/N-ethyl adjacent to an activating group) is 1. The molecule has 0 spiro atoms. The largest absolute Gasteiger partial charge is 0.491 e. The van der Waals surface area contributed by atoms with E-state index in [1.807, 2.05) is 43.4 Å². The number of hydrogen-bond acceptors (Lipinski definition) is 3. The van der Waals surface area contributed by atoms with Crippen molar-refractivity contribution in [3.8, 4) is 5.75 Å². The summed E-state index contributed by atoms with van der Waals surface area (Å²) in [5.41, 5.74) is 1.78. The summed E-state index contributed by atoms with van der Waals surface area (Å²) in [5.74, 6) is 0.679. The first kappa shape index (κ1) is 14.1. The number of anilines is 1. The number of Topliss-reactive ketones (excluding diaryl/α,β-unsaturated/α-hetero) is 1. The van der Waals surface area contributed by atoms with Crippen LogP contribution in [0.3, 0.4) is 0 Å². The van der Waals surface area contributed by atoms with Gasteiger partial charge in [0.25, 0.3) is 0 Å². The second kappa shape index (κ2) is 6.75. The van der Waals surface area contributed by atoms with E-state index in [9.17, 15) is 4.79 Å². The molecule has 0 heterocycles. The first-order valence-electron chi connectivity index (χ1n) is 6.67. The highest BCUT2D eigenvalue weighted by molar-refractivity contribution is 5.96. The molecule has 0 saturated heterocycles. The number of ether oxygens (including phenoxy) is 1. The first-order valence-corrected chi connectivity index (χ1v) is 6.67. The second-order valence-electron chi connectivity index (χ2n) is 4.66. The number of carbonyl (C=O) groups is 1. The van der Waals surface area contributed by atoms with E-state index in [2.05, 4.69) is 17.0 Å². The number of rotatable bonds is 6. The summed E-state index contributed by atoms with van der Waals surface area (Å²) in [6.45, 7) is 2.85. The number of benzene rings is 2. The van der Waals surface area contributed by atoms with Crippen molar-refractivity contribution in [2.75, 3.05) is 25.1 Å². The Kier molecular flexibility index (Phi) is 4.77. The van der Waals surface area contributed by atoms with Crippen molar-refractivity contribution >= 4 is 11.5 Å². The molecule has 0 saturated carbocycles. The minimum Gasteiger partial charge on any atom is -0.491 e. The van der Waals surface area contributed by atoms with Crippen molar-refractivity contribution in [3.63, 3.8) is 0 Å². The van der Waals surface area contributed by atoms with Gasteiger partial charge in [-0.15, -0.1) is 0 Å². The third kappa shape index (κ3) is 3.60. The summed E-state index contributed by atoms with van der Waals surface area (Å²) in [5, 5.41) is 0. The Labute approximate surface area is 119 Å². The molecule has 0 bridgehead atoms. The Morgan fingerprint density at radius 2 is 1.70 bits per heavy atom. The summed E-state index contributed by atoms with van der Waals surface area (Å²) < 4.78 is 5.73. The number of para-hydroxylation sites is 2. The third-order valence-electron chi connectivity index (χ3n) is 3.15. The van der Waals surface area contributed by atoms with E-state index in [4.69, 9.17) is 4.74 Å². The fraction of sp³-hybridized carbons (Fsp3) is 0.235. The first-order chi connectivity index (χ1) is 9.68. The molecule has 3 heteroatoms. The Bertz CT molecular complexity index is 566. The quantitative estimate of drug-likeness (QED) is 0.753. The molecule has 2 aromatic rings. The molecule has 0 N–H and O–H groups in total. The molecule has 3 nitrogen and oxygen atoms in total. The summed E-state index contributed by atoms with van der Waals surface area (Å²) in [6.07, 6.45) is 0. The molecule has 0 amide bonds. The number of hydrogen-bond donors (Lipinski definition) is 0. The lowest BCUT2D eigenvalue weighted by molar-refractivity contribution is 0.101. The van der Waals surface area contributed by atoms with Crippen LogP contribution in [0.5, 0.6) is 5.75 Å². The molecule has 20 heavy (non-hydrogen) atoms. The maximum Gasteiger partial charge on any atom is 0.163 e. The zero-order valence-corrected chi connectivity index (χ0v) is 11.9. The second-order valence-corrected chi connectivity index (χ2v) is 4.66. The zero-order valence-electron chi connectivity index (χ0n) is 11.9. The van der Waals surface area contributed by atoms with Gasteiger partial charge >= 0.3 is 0 Å². The van der Waals surface area contributed by atoms with Crippen LogP contribution in [0.15, 0.2) is 54.6 Å². The number of nitrogens with zero attached hydrogens (tertiary/aromatic N) is 1. The van der Waals surface area contributed by atoms with Gasteiger partial charge in [0.1, 0.15) is 12.4 Å². The zero-order chi connectivity index (χ0) is 14.4. The highest BCUT2D eigenvalue weighted by Gasteiger charge is 2.07. The van der Waals surface area contributed by atoms with Crippen LogP contribution in [0.1, 0.15) is 17.3 Å². The van der Waals surface area contributed by atoms with Gasteiger partial charge in [-0.2, -0.15) is 0 Å². The Morgan fingerprint density at radius 1 is 1.05 bits per heavy atom. The van der Waals surface area contributed by atoms with Crippen LogP contribution < -0.4 is 9.64 Å². The predicted molar refractivity (Wildman–Crippen MR) is 81.7 cm³/mol. The lowest BCUT2D eigenvalue weighted by Crippen LogP contribution is -2.23. The normalized spacial score (nSPS) is 10.1. The van der Waals surface area contributed by atoms with Crippen molar-refractivity contribution in [2.45, 2.75) is 6.92 Å². The molecular weight excluding hydrogens is 250 g/mol. The van der Waals surface area contributed by atoms with E-state index in [0.717, 1.165) is 12.2 Å². The molecule has 0 aliphatic carbocycles. The van der Waals surface area contributed by atoms with Crippen molar-refractivity contribution in [1.29, 1.82) is 0 Å². The van der Waals surface area contributed by atoms with Crippen molar-refractivity contribution in [2.24, 2.45) is 0 Å². The van der Waals surface area contributed by atoms with Crippen molar-refractivity contribution < 1.29 is 9.53 Å². The highest BCUT2D eigenvalue weighted by Crippen LogP contribution is 2.18. The third-order valence-corrected chi connectivity index (χ3v) is 3.15. The standard InChI is InChI=1S/C17H19NO2/c1-14(19)16-10-6-7-11-17(16)20-13-12-18(2)15-8-4-3-5-9-15/h3-11H,12-13H2,1-2H3. The van der Waals surface area contributed by atoms with Gasteiger partial charge in [-0.3, -0.25) is 4.79 Å².